The van der Waals surface area contributed by atoms with Gasteiger partial charge in [-0.2, -0.15) is 0 Å². The Labute approximate surface area is 117 Å². The first-order chi connectivity index (χ1) is 9.83. The van der Waals surface area contributed by atoms with E-state index in [4.69, 9.17) is 9.15 Å². The number of amides is 1. The Bertz CT molecular complexity index is 572. The predicted octanol–water partition coefficient (Wildman–Crippen LogP) is 3.00. The molecule has 0 unspecified atom stereocenters. The van der Waals surface area contributed by atoms with E-state index in [1.807, 2.05) is 30.3 Å². The van der Waals surface area contributed by atoms with Crippen LogP contribution in [-0.2, 0) is 6.61 Å². The molecule has 1 saturated carbocycles. The van der Waals surface area contributed by atoms with Gasteiger partial charge in [-0.3, -0.25) is 4.79 Å². The van der Waals surface area contributed by atoms with E-state index in [0.717, 1.165) is 17.9 Å². The second-order valence-corrected chi connectivity index (χ2v) is 5.03. The van der Waals surface area contributed by atoms with Crippen LogP contribution in [0, 0.1) is 5.92 Å². The molecule has 1 aliphatic rings. The van der Waals surface area contributed by atoms with E-state index in [0.29, 0.717) is 18.3 Å². The van der Waals surface area contributed by atoms with Gasteiger partial charge >= 0.3 is 0 Å². The van der Waals surface area contributed by atoms with Crippen molar-refractivity contribution >= 4 is 5.91 Å². The van der Waals surface area contributed by atoms with E-state index in [2.05, 4.69) is 5.32 Å². The zero-order chi connectivity index (χ0) is 13.8. The van der Waals surface area contributed by atoms with E-state index in [9.17, 15) is 4.79 Å². The quantitative estimate of drug-likeness (QED) is 0.878. The summed E-state index contributed by atoms with van der Waals surface area (Å²) in [7, 11) is 0. The van der Waals surface area contributed by atoms with E-state index in [-0.39, 0.29) is 5.91 Å². The molecule has 0 saturated heterocycles. The number of carbonyl (C=O) groups is 1. The van der Waals surface area contributed by atoms with Gasteiger partial charge in [0, 0.05) is 12.1 Å². The third-order valence-electron chi connectivity index (χ3n) is 3.34. The van der Waals surface area contributed by atoms with Crippen LogP contribution >= 0.6 is 0 Å². The van der Waals surface area contributed by atoms with Crippen molar-refractivity contribution in [3.05, 3.63) is 54.0 Å². The highest BCUT2D eigenvalue weighted by molar-refractivity contribution is 5.92. The van der Waals surface area contributed by atoms with Crippen LogP contribution in [0.3, 0.4) is 0 Å². The van der Waals surface area contributed by atoms with Gasteiger partial charge in [-0.15, -0.1) is 0 Å². The van der Waals surface area contributed by atoms with Crippen molar-refractivity contribution in [2.24, 2.45) is 5.92 Å². The van der Waals surface area contributed by atoms with Crippen molar-refractivity contribution in [3.63, 3.8) is 0 Å². The number of benzene rings is 1. The molecule has 0 bridgehead atoms. The third-order valence-corrected chi connectivity index (χ3v) is 3.34. The SMILES string of the molecule is O=C(NCC1CC1)c1occc1COc1ccccc1. The van der Waals surface area contributed by atoms with E-state index in [1.54, 1.807) is 6.07 Å². The van der Waals surface area contributed by atoms with Crippen molar-refractivity contribution in [2.45, 2.75) is 19.4 Å². The molecule has 4 nitrogen and oxygen atoms in total. The Morgan fingerprint density at radius 2 is 2.05 bits per heavy atom. The molecule has 0 atom stereocenters. The highest BCUT2D eigenvalue weighted by atomic mass is 16.5. The Morgan fingerprint density at radius 3 is 2.80 bits per heavy atom. The summed E-state index contributed by atoms with van der Waals surface area (Å²) in [5.74, 6) is 1.62. The molecule has 1 aromatic heterocycles. The molecule has 0 radical (unpaired) electrons. The fraction of sp³-hybridized carbons (Fsp3) is 0.312. The van der Waals surface area contributed by atoms with Gasteiger partial charge in [0.25, 0.3) is 5.91 Å². The minimum atomic E-state index is -0.159. The van der Waals surface area contributed by atoms with Crippen LogP contribution in [0.2, 0.25) is 0 Å². The molecule has 20 heavy (non-hydrogen) atoms. The van der Waals surface area contributed by atoms with Gasteiger partial charge in [0.15, 0.2) is 5.76 Å². The second-order valence-electron chi connectivity index (χ2n) is 5.03. The number of para-hydroxylation sites is 1. The number of ether oxygens (including phenoxy) is 1. The van der Waals surface area contributed by atoms with E-state index in [1.165, 1.54) is 19.1 Å². The number of carbonyl (C=O) groups excluding carboxylic acids is 1. The van der Waals surface area contributed by atoms with Crippen molar-refractivity contribution in [1.29, 1.82) is 0 Å². The number of furan rings is 1. The average molecular weight is 271 g/mol. The fourth-order valence-corrected chi connectivity index (χ4v) is 1.97. The Kier molecular flexibility index (Phi) is 3.72. The van der Waals surface area contributed by atoms with Gasteiger partial charge in [-0.1, -0.05) is 18.2 Å². The number of nitrogens with one attached hydrogen (secondary N) is 1. The molecule has 1 fully saturated rings. The zero-order valence-electron chi connectivity index (χ0n) is 11.2. The van der Waals surface area contributed by atoms with Crippen molar-refractivity contribution < 1.29 is 13.9 Å². The van der Waals surface area contributed by atoms with Gasteiger partial charge in [-0.25, -0.2) is 0 Å². The van der Waals surface area contributed by atoms with Crippen LogP contribution in [-0.4, -0.2) is 12.5 Å². The molecule has 1 aliphatic carbocycles. The summed E-state index contributed by atoms with van der Waals surface area (Å²) in [5.41, 5.74) is 0.766. The molecule has 2 aromatic rings. The molecule has 1 heterocycles. The number of rotatable bonds is 6. The topological polar surface area (TPSA) is 51.5 Å². The van der Waals surface area contributed by atoms with Crippen LogP contribution in [0.15, 0.2) is 47.1 Å². The van der Waals surface area contributed by atoms with E-state index < -0.39 is 0 Å². The van der Waals surface area contributed by atoms with Crippen LogP contribution in [0.25, 0.3) is 0 Å². The standard InChI is InChI=1S/C16H17NO3/c18-16(17-10-12-6-7-12)15-13(8-9-19-15)11-20-14-4-2-1-3-5-14/h1-5,8-9,12H,6-7,10-11H2,(H,17,18). The van der Waals surface area contributed by atoms with Crippen LogP contribution in [0.4, 0.5) is 0 Å². The highest BCUT2D eigenvalue weighted by Gasteiger charge is 2.23. The predicted molar refractivity (Wildman–Crippen MR) is 74.5 cm³/mol. The summed E-state index contributed by atoms with van der Waals surface area (Å²) in [4.78, 5) is 12.0. The summed E-state index contributed by atoms with van der Waals surface area (Å²) in [6.07, 6.45) is 3.94. The lowest BCUT2D eigenvalue weighted by molar-refractivity contribution is 0.0920. The lowest BCUT2D eigenvalue weighted by atomic mass is 10.2. The number of hydrogen-bond donors (Lipinski definition) is 1. The fourth-order valence-electron chi connectivity index (χ4n) is 1.97. The summed E-state index contributed by atoms with van der Waals surface area (Å²) < 4.78 is 10.9. The van der Waals surface area contributed by atoms with Crippen LogP contribution in [0.5, 0.6) is 5.75 Å². The van der Waals surface area contributed by atoms with Crippen molar-refractivity contribution in [1.82, 2.24) is 5.32 Å². The Morgan fingerprint density at radius 1 is 1.25 bits per heavy atom. The van der Waals surface area contributed by atoms with Gasteiger partial charge < -0.3 is 14.5 Å². The monoisotopic (exact) mass is 271 g/mol. The second kappa shape index (κ2) is 5.82. The molecule has 1 aromatic carbocycles. The first kappa shape index (κ1) is 12.8. The lowest BCUT2D eigenvalue weighted by Gasteiger charge is -2.06. The number of hydrogen-bond acceptors (Lipinski definition) is 3. The van der Waals surface area contributed by atoms with Gasteiger partial charge in [0.2, 0.25) is 0 Å². The minimum Gasteiger partial charge on any atom is -0.489 e. The first-order valence-electron chi connectivity index (χ1n) is 6.85. The maximum atomic E-state index is 12.0. The third kappa shape index (κ3) is 3.20. The minimum absolute atomic E-state index is 0.159. The smallest absolute Gasteiger partial charge is 0.287 e. The van der Waals surface area contributed by atoms with Crippen LogP contribution in [0.1, 0.15) is 29.0 Å². The maximum absolute atomic E-state index is 12.0. The van der Waals surface area contributed by atoms with Gasteiger partial charge in [0.1, 0.15) is 12.4 Å². The largest absolute Gasteiger partial charge is 0.489 e. The molecule has 4 heteroatoms. The molecule has 1 N–H and O–H groups in total. The Balaban J connectivity index is 1.59. The van der Waals surface area contributed by atoms with Crippen molar-refractivity contribution in [2.75, 3.05) is 6.54 Å². The normalized spacial score (nSPS) is 14.0. The van der Waals surface area contributed by atoms with Gasteiger partial charge in [0.05, 0.1) is 6.26 Å². The highest BCUT2D eigenvalue weighted by Crippen LogP contribution is 2.27. The van der Waals surface area contributed by atoms with Crippen molar-refractivity contribution in [3.8, 4) is 5.75 Å². The molecule has 104 valence electrons. The Hall–Kier alpha value is -2.23. The molecule has 0 aliphatic heterocycles. The zero-order valence-corrected chi connectivity index (χ0v) is 11.2. The average Bonchev–Trinajstić information content (AvgIpc) is 3.20. The molecular weight excluding hydrogens is 254 g/mol. The van der Waals surface area contributed by atoms with Crippen LogP contribution < -0.4 is 10.1 Å². The van der Waals surface area contributed by atoms with Gasteiger partial charge in [-0.05, 0) is 37.0 Å². The summed E-state index contributed by atoms with van der Waals surface area (Å²) in [6.45, 7) is 1.06. The molecular formula is C16H17NO3. The lowest BCUT2D eigenvalue weighted by Crippen LogP contribution is -2.26. The first-order valence-corrected chi connectivity index (χ1v) is 6.85. The summed E-state index contributed by atoms with van der Waals surface area (Å²) in [6, 6.07) is 11.3. The summed E-state index contributed by atoms with van der Waals surface area (Å²) >= 11 is 0. The molecule has 3 rings (SSSR count). The maximum Gasteiger partial charge on any atom is 0.287 e. The summed E-state index contributed by atoms with van der Waals surface area (Å²) in [5, 5.41) is 2.90. The molecule has 0 spiro atoms. The molecule has 1 amide bonds. The van der Waals surface area contributed by atoms with E-state index >= 15 is 0 Å².